The third kappa shape index (κ3) is 3.17. The number of hydrogen-bond donors (Lipinski definition) is 1. The largest absolute Gasteiger partial charge is 0.462 e. The summed E-state index contributed by atoms with van der Waals surface area (Å²) < 4.78 is 35.9. The number of amidine groups is 1. The molecular weight excluding hydrogens is 382 g/mol. The Morgan fingerprint density at radius 3 is 2.83 bits per heavy atom. The Labute approximate surface area is 147 Å². The first kappa shape index (κ1) is 17.0. The zero-order chi connectivity index (χ0) is 17.3. The van der Waals surface area contributed by atoms with Crippen LogP contribution in [0.2, 0.25) is 0 Å². The monoisotopic (exact) mass is 398 g/mol. The third-order valence-electron chi connectivity index (χ3n) is 4.28. The fraction of sp³-hybridized carbons (Fsp3) is 0.353. The molecule has 3 rings (SSSR count). The SMILES string of the molecule is Cc1cc([C@@]2(C3C=C(Br)C=CC3)COC(N)=N2)ccc1OC(F)F. The first-order valence-electron chi connectivity index (χ1n) is 7.48. The van der Waals surface area contributed by atoms with Gasteiger partial charge in [0, 0.05) is 10.4 Å². The highest BCUT2D eigenvalue weighted by Gasteiger charge is 2.44. The highest BCUT2D eigenvalue weighted by atomic mass is 79.9. The van der Waals surface area contributed by atoms with Gasteiger partial charge in [-0.05, 0) is 36.6 Å². The molecule has 1 unspecified atom stereocenters. The van der Waals surface area contributed by atoms with Gasteiger partial charge < -0.3 is 15.2 Å². The van der Waals surface area contributed by atoms with Gasteiger partial charge in [-0.25, -0.2) is 4.99 Å². The lowest BCUT2D eigenvalue weighted by Crippen LogP contribution is -2.34. The Balaban J connectivity index is 2.02. The molecule has 1 aliphatic carbocycles. The van der Waals surface area contributed by atoms with Gasteiger partial charge in [0.15, 0.2) is 0 Å². The van der Waals surface area contributed by atoms with Crippen LogP contribution in [0.3, 0.4) is 0 Å². The summed E-state index contributed by atoms with van der Waals surface area (Å²) in [6.07, 6.45) is 6.90. The molecule has 0 bridgehead atoms. The van der Waals surface area contributed by atoms with Gasteiger partial charge in [0.1, 0.15) is 17.9 Å². The first-order valence-corrected chi connectivity index (χ1v) is 8.28. The summed E-state index contributed by atoms with van der Waals surface area (Å²) in [4.78, 5) is 4.56. The highest BCUT2D eigenvalue weighted by Crippen LogP contribution is 2.43. The fourth-order valence-electron chi connectivity index (χ4n) is 3.12. The van der Waals surface area contributed by atoms with E-state index in [1.807, 2.05) is 12.1 Å². The molecule has 0 radical (unpaired) electrons. The maximum atomic E-state index is 12.5. The molecule has 0 amide bonds. The predicted octanol–water partition coefficient (Wildman–Crippen LogP) is 3.99. The molecule has 2 N–H and O–H groups in total. The minimum Gasteiger partial charge on any atom is -0.462 e. The molecule has 0 saturated carbocycles. The van der Waals surface area contributed by atoms with Crippen molar-refractivity contribution in [2.75, 3.05) is 6.61 Å². The summed E-state index contributed by atoms with van der Waals surface area (Å²) >= 11 is 3.49. The Bertz CT molecular complexity index is 733. The van der Waals surface area contributed by atoms with Gasteiger partial charge >= 0.3 is 6.61 Å². The van der Waals surface area contributed by atoms with Crippen LogP contribution >= 0.6 is 15.9 Å². The summed E-state index contributed by atoms with van der Waals surface area (Å²) in [7, 11) is 0. The normalized spacial score (nSPS) is 26.1. The van der Waals surface area contributed by atoms with Gasteiger partial charge in [-0.3, -0.25) is 0 Å². The zero-order valence-electron chi connectivity index (χ0n) is 13.0. The molecule has 7 heteroatoms. The molecule has 4 nitrogen and oxygen atoms in total. The quantitative estimate of drug-likeness (QED) is 0.833. The molecule has 0 fully saturated rings. The number of alkyl halides is 2. The van der Waals surface area contributed by atoms with Crippen LogP contribution in [0, 0.1) is 12.8 Å². The van der Waals surface area contributed by atoms with Crippen molar-refractivity contribution in [3.8, 4) is 5.75 Å². The number of rotatable bonds is 4. The minimum atomic E-state index is -2.85. The number of hydrogen-bond acceptors (Lipinski definition) is 4. The summed E-state index contributed by atoms with van der Waals surface area (Å²) in [5, 5.41) is 0. The Morgan fingerprint density at radius 2 is 2.25 bits per heavy atom. The maximum Gasteiger partial charge on any atom is 0.387 e. The smallest absolute Gasteiger partial charge is 0.387 e. The van der Waals surface area contributed by atoms with Gasteiger partial charge in [0.05, 0.1) is 0 Å². The molecule has 1 heterocycles. The molecule has 128 valence electrons. The molecule has 0 saturated heterocycles. The number of aryl methyl sites for hydroxylation is 1. The van der Waals surface area contributed by atoms with Gasteiger partial charge in [-0.15, -0.1) is 0 Å². The van der Waals surface area contributed by atoms with E-state index in [9.17, 15) is 8.78 Å². The number of nitrogens with zero attached hydrogens (tertiary/aromatic N) is 1. The zero-order valence-corrected chi connectivity index (χ0v) is 14.6. The van der Waals surface area contributed by atoms with E-state index in [-0.39, 0.29) is 17.7 Å². The van der Waals surface area contributed by atoms with Crippen molar-refractivity contribution in [2.45, 2.75) is 25.5 Å². The fourth-order valence-corrected chi connectivity index (χ4v) is 3.63. The van der Waals surface area contributed by atoms with Crippen LogP contribution in [-0.2, 0) is 10.3 Å². The second-order valence-electron chi connectivity index (χ2n) is 5.82. The van der Waals surface area contributed by atoms with E-state index in [0.717, 1.165) is 16.5 Å². The first-order chi connectivity index (χ1) is 11.4. The molecule has 1 aromatic carbocycles. The number of nitrogens with two attached hydrogens (primary N) is 1. The summed E-state index contributed by atoms with van der Waals surface area (Å²) in [5.41, 5.74) is 6.57. The van der Waals surface area contributed by atoms with Crippen molar-refractivity contribution in [2.24, 2.45) is 16.6 Å². The van der Waals surface area contributed by atoms with Crippen molar-refractivity contribution in [3.05, 3.63) is 52.0 Å². The molecule has 2 aliphatic rings. The van der Waals surface area contributed by atoms with E-state index in [2.05, 4.69) is 37.8 Å². The lowest BCUT2D eigenvalue weighted by atomic mass is 9.76. The van der Waals surface area contributed by atoms with Gasteiger partial charge in [-0.1, -0.05) is 40.2 Å². The number of ether oxygens (including phenoxy) is 2. The van der Waals surface area contributed by atoms with Crippen molar-refractivity contribution in [1.82, 2.24) is 0 Å². The van der Waals surface area contributed by atoms with Crippen LogP contribution in [0.15, 0.2) is 45.9 Å². The van der Waals surface area contributed by atoms with Crippen LogP contribution in [0.1, 0.15) is 17.5 Å². The molecular formula is C17H17BrF2N2O2. The topological polar surface area (TPSA) is 56.8 Å². The van der Waals surface area contributed by atoms with E-state index in [0.29, 0.717) is 12.2 Å². The lowest BCUT2D eigenvalue weighted by Gasteiger charge is -2.33. The Kier molecular flexibility index (Phi) is 4.62. The Morgan fingerprint density at radius 1 is 1.46 bits per heavy atom. The summed E-state index contributed by atoms with van der Waals surface area (Å²) in [6.45, 7) is -0.818. The van der Waals surface area contributed by atoms with Gasteiger partial charge in [0.2, 0.25) is 0 Å². The average Bonchev–Trinajstić information content (AvgIpc) is 2.92. The summed E-state index contributed by atoms with van der Waals surface area (Å²) in [5.74, 6) is 0.194. The van der Waals surface area contributed by atoms with Gasteiger partial charge in [-0.2, -0.15) is 8.78 Å². The molecule has 0 aromatic heterocycles. The lowest BCUT2D eigenvalue weighted by molar-refractivity contribution is -0.0503. The van der Waals surface area contributed by atoms with Crippen LogP contribution in [0.4, 0.5) is 8.78 Å². The number of allylic oxidation sites excluding steroid dienone is 3. The van der Waals surface area contributed by atoms with E-state index in [1.165, 1.54) is 0 Å². The van der Waals surface area contributed by atoms with Gasteiger partial charge in [0.25, 0.3) is 6.02 Å². The maximum absolute atomic E-state index is 12.5. The Hall–Kier alpha value is -1.89. The van der Waals surface area contributed by atoms with Crippen molar-refractivity contribution in [1.29, 1.82) is 0 Å². The van der Waals surface area contributed by atoms with E-state index < -0.39 is 12.2 Å². The number of halogens is 3. The number of benzene rings is 1. The predicted molar refractivity (Wildman–Crippen MR) is 91.3 cm³/mol. The molecule has 1 aliphatic heterocycles. The van der Waals surface area contributed by atoms with E-state index in [1.54, 1.807) is 19.1 Å². The van der Waals surface area contributed by atoms with E-state index in [4.69, 9.17) is 10.5 Å². The highest BCUT2D eigenvalue weighted by molar-refractivity contribution is 9.11. The molecule has 1 aromatic rings. The van der Waals surface area contributed by atoms with Crippen LogP contribution in [0.5, 0.6) is 5.75 Å². The average molecular weight is 399 g/mol. The number of aliphatic imine (C=N–C) groups is 1. The van der Waals surface area contributed by atoms with Crippen molar-refractivity contribution < 1.29 is 18.3 Å². The standard InChI is InChI=1S/C17H17BrF2N2O2/c1-10-7-12(5-6-14(10)24-15(19)20)17(9-23-16(21)22-17)11-3-2-4-13(18)8-11/h2,4-8,11,15H,3,9H2,1H3,(H2,21,22)/t11?,17-/m0/s1. The second kappa shape index (κ2) is 6.55. The summed E-state index contributed by atoms with van der Waals surface area (Å²) in [6, 6.07) is 5.24. The van der Waals surface area contributed by atoms with Crippen LogP contribution in [-0.4, -0.2) is 19.2 Å². The molecule has 24 heavy (non-hydrogen) atoms. The third-order valence-corrected chi connectivity index (χ3v) is 4.81. The second-order valence-corrected chi connectivity index (χ2v) is 6.73. The van der Waals surface area contributed by atoms with Crippen molar-refractivity contribution >= 4 is 22.0 Å². The van der Waals surface area contributed by atoms with Crippen LogP contribution in [0.25, 0.3) is 0 Å². The molecule has 2 atom stereocenters. The van der Waals surface area contributed by atoms with E-state index >= 15 is 0 Å². The minimum absolute atomic E-state index is 0.0409. The molecule has 0 spiro atoms. The van der Waals surface area contributed by atoms with Crippen molar-refractivity contribution in [3.63, 3.8) is 0 Å². The van der Waals surface area contributed by atoms with Crippen LogP contribution < -0.4 is 10.5 Å².